The zero-order valence-electron chi connectivity index (χ0n) is 11.5. The fraction of sp³-hybridized carbons (Fsp3) is 0.643. The Labute approximate surface area is 110 Å². The fourth-order valence-electron chi connectivity index (χ4n) is 2.47. The molecule has 4 nitrogen and oxygen atoms in total. The van der Waals surface area contributed by atoms with Gasteiger partial charge >= 0.3 is 0 Å². The summed E-state index contributed by atoms with van der Waals surface area (Å²) >= 11 is 0. The van der Waals surface area contributed by atoms with Crippen LogP contribution in [-0.2, 0) is 19.4 Å². The first-order chi connectivity index (χ1) is 8.74. The van der Waals surface area contributed by atoms with Crippen molar-refractivity contribution in [1.29, 1.82) is 0 Å². The molecular weight excluding hydrogens is 224 g/mol. The number of nitrogens with one attached hydrogen (secondary N) is 1. The summed E-state index contributed by atoms with van der Waals surface area (Å²) in [6, 6.07) is 2.24. The van der Waals surface area contributed by atoms with Crippen molar-refractivity contribution >= 4 is 5.82 Å². The summed E-state index contributed by atoms with van der Waals surface area (Å²) in [4.78, 5) is 6.98. The van der Waals surface area contributed by atoms with Gasteiger partial charge in [-0.3, -0.25) is 0 Å². The molecule has 2 heterocycles. The Morgan fingerprint density at radius 1 is 1.39 bits per heavy atom. The first-order valence-electron chi connectivity index (χ1n) is 6.94. The summed E-state index contributed by atoms with van der Waals surface area (Å²) in [5.41, 5.74) is 9.76. The average Bonchev–Trinajstić information content (AvgIpc) is 2.40. The second-order valence-electron chi connectivity index (χ2n) is 4.84. The lowest BCUT2D eigenvalue weighted by atomic mass is 10.0. The van der Waals surface area contributed by atoms with E-state index >= 15 is 0 Å². The Hall–Kier alpha value is -1.13. The predicted molar refractivity (Wildman–Crippen MR) is 75.6 cm³/mol. The molecule has 0 bridgehead atoms. The Kier molecular flexibility index (Phi) is 4.55. The highest BCUT2D eigenvalue weighted by Gasteiger charge is 2.13. The van der Waals surface area contributed by atoms with Gasteiger partial charge in [-0.1, -0.05) is 13.8 Å². The van der Waals surface area contributed by atoms with Crippen molar-refractivity contribution in [3.8, 4) is 0 Å². The van der Waals surface area contributed by atoms with E-state index in [9.17, 15) is 0 Å². The zero-order chi connectivity index (χ0) is 13.0. The first kappa shape index (κ1) is 13.3. The van der Waals surface area contributed by atoms with Crippen LogP contribution in [0, 0.1) is 0 Å². The van der Waals surface area contributed by atoms with Gasteiger partial charge in [0.25, 0.3) is 0 Å². The van der Waals surface area contributed by atoms with Gasteiger partial charge in [-0.15, -0.1) is 0 Å². The van der Waals surface area contributed by atoms with Crippen LogP contribution in [0.4, 0.5) is 5.82 Å². The molecule has 0 unspecified atom stereocenters. The second-order valence-corrected chi connectivity index (χ2v) is 4.84. The minimum atomic E-state index is 0.725. The molecule has 18 heavy (non-hydrogen) atoms. The maximum Gasteiger partial charge on any atom is 0.126 e. The number of fused-ring (bicyclic) bond motifs is 1. The van der Waals surface area contributed by atoms with Crippen molar-refractivity contribution in [2.75, 3.05) is 31.9 Å². The van der Waals surface area contributed by atoms with Crippen molar-refractivity contribution in [3.63, 3.8) is 0 Å². The van der Waals surface area contributed by atoms with Crippen LogP contribution >= 0.6 is 0 Å². The summed E-state index contributed by atoms with van der Waals surface area (Å²) in [6.45, 7) is 9.58. The molecule has 4 heteroatoms. The van der Waals surface area contributed by atoms with Crippen molar-refractivity contribution in [1.82, 2.24) is 15.2 Å². The van der Waals surface area contributed by atoms with Gasteiger partial charge in [0, 0.05) is 31.7 Å². The third-order valence-electron chi connectivity index (χ3n) is 3.75. The van der Waals surface area contributed by atoms with Gasteiger partial charge in [0.15, 0.2) is 0 Å². The second kappa shape index (κ2) is 6.16. The van der Waals surface area contributed by atoms with E-state index in [0.717, 1.165) is 51.4 Å². The first-order valence-corrected chi connectivity index (χ1v) is 6.94. The monoisotopic (exact) mass is 248 g/mol. The van der Waals surface area contributed by atoms with Gasteiger partial charge in [-0.25, -0.2) is 4.98 Å². The van der Waals surface area contributed by atoms with Crippen LogP contribution < -0.4 is 11.1 Å². The molecule has 0 atom stereocenters. The molecule has 0 spiro atoms. The van der Waals surface area contributed by atoms with Gasteiger partial charge in [0.2, 0.25) is 0 Å². The molecular formula is C14H24N4. The van der Waals surface area contributed by atoms with Crippen LogP contribution in [0.1, 0.15) is 30.7 Å². The van der Waals surface area contributed by atoms with Crippen LogP contribution in [0.2, 0.25) is 0 Å². The Bertz CT molecular complexity index is 399. The largest absolute Gasteiger partial charge is 0.383 e. The molecule has 3 N–H and O–H groups in total. The summed E-state index contributed by atoms with van der Waals surface area (Å²) < 4.78 is 0. The van der Waals surface area contributed by atoms with E-state index in [2.05, 4.69) is 35.1 Å². The molecule has 1 aliphatic rings. The number of nitrogen functional groups attached to an aromatic ring is 1. The van der Waals surface area contributed by atoms with Crippen LogP contribution in [0.3, 0.4) is 0 Å². The smallest absolute Gasteiger partial charge is 0.126 e. The maximum absolute atomic E-state index is 6.06. The van der Waals surface area contributed by atoms with E-state index in [1.54, 1.807) is 0 Å². The quantitative estimate of drug-likeness (QED) is 0.822. The summed E-state index contributed by atoms with van der Waals surface area (Å²) in [5, 5.41) is 3.38. The van der Waals surface area contributed by atoms with Gasteiger partial charge < -0.3 is 16.0 Å². The highest BCUT2D eigenvalue weighted by molar-refractivity contribution is 5.44. The number of pyridine rings is 1. The van der Waals surface area contributed by atoms with Gasteiger partial charge in [0.05, 0.1) is 0 Å². The molecule has 1 aliphatic heterocycles. The average molecular weight is 248 g/mol. The van der Waals surface area contributed by atoms with E-state index in [-0.39, 0.29) is 0 Å². The third-order valence-corrected chi connectivity index (χ3v) is 3.75. The van der Waals surface area contributed by atoms with E-state index in [4.69, 9.17) is 5.73 Å². The normalized spacial score (nSPS) is 14.8. The number of rotatable bonds is 5. The molecule has 0 aromatic carbocycles. The molecule has 0 aliphatic carbocycles. The lowest BCUT2D eigenvalue weighted by Crippen LogP contribution is -2.27. The maximum atomic E-state index is 6.06. The van der Waals surface area contributed by atoms with E-state index in [1.165, 1.54) is 16.8 Å². The predicted octanol–water partition coefficient (Wildman–Crippen LogP) is 1.19. The lowest BCUT2D eigenvalue weighted by Gasteiger charge is -2.21. The summed E-state index contributed by atoms with van der Waals surface area (Å²) in [5.74, 6) is 0.725. The highest BCUT2D eigenvalue weighted by Crippen LogP contribution is 2.18. The SMILES string of the molecule is CCN(CC)CCc1cc2c(nc1N)CCNC2. The van der Waals surface area contributed by atoms with Crippen molar-refractivity contribution < 1.29 is 0 Å². The molecule has 2 rings (SSSR count). The standard InChI is InChI=1S/C14H24N4/c1-3-18(4-2)8-6-11-9-12-10-16-7-5-13(12)17-14(11)15/h9,16H,3-8,10H2,1-2H3,(H2,15,17). The molecule has 1 aromatic heterocycles. The number of aromatic nitrogens is 1. The number of nitrogens with two attached hydrogens (primary N) is 1. The minimum absolute atomic E-state index is 0.725. The van der Waals surface area contributed by atoms with E-state index in [1.807, 2.05) is 0 Å². The molecule has 0 saturated heterocycles. The van der Waals surface area contributed by atoms with Crippen LogP contribution in [0.25, 0.3) is 0 Å². The van der Waals surface area contributed by atoms with Crippen molar-refractivity contribution in [3.05, 3.63) is 22.9 Å². The summed E-state index contributed by atoms with van der Waals surface area (Å²) in [7, 11) is 0. The topological polar surface area (TPSA) is 54.2 Å². The molecule has 0 radical (unpaired) electrons. The van der Waals surface area contributed by atoms with Gasteiger partial charge in [0.1, 0.15) is 5.82 Å². The highest BCUT2D eigenvalue weighted by atomic mass is 15.1. The van der Waals surface area contributed by atoms with Crippen LogP contribution in [0.15, 0.2) is 6.07 Å². The van der Waals surface area contributed by atoms with Crippen molar-refractivity contribution in [2.24, 2.45) is 0 Å². The number of hydrogen-bond donors (Lipinski definition) is 2. The number of hydrogen-bond acceptors (Lipinski definition) is 4. The van der Waals surface area contributed by atoms with Gasteiger partial charge in [-0.05, 0) is 36.7 Å². The minimum Gasteiger partial charge on any atom is -0.383 e. The summed E-state index contributed by atoms with van der Waals surface area (Å²) in [6.07, 6.45) is 1.99. The molecule has 0 amide bonds. The lowest BCUT2D eigenvalue weighted by molar-refractivity contribution is 0.308. The Balaban J connectivity index is 2.08. The molecule has 100 valence electrons. The number of anilines is 1. The molecule has 1 aromatic rings. The van der Waals surface area contributed by atoms with Crippen molar-refractivity contribution in [2.45, 2.75) is 33.2 Å². The van der Waals surface area contributed by atoms with E-state index in [0.29, 0.717) is 0 Å². The van der Waals surface area contributed by atoms with E-state index < -0.39 is 0 Å². The Morgan fingerprint density at radius 2 is 2.17 bits per heavy atom. The zero-order valence-corrected chi connectivity index (χ0v) is 11.5. The van der Waals surface area contributed by atoms with Crippen LogP contribution in [-0.4, -0.2) is 36.1 Å². The Morgan fingerprint density at radius 3 is 2.89 bits per heavy atom. The molecule has 0 fully saturated rings. The fourth-order valence-corrected chi connectivity index (χ4v) is 2.47. The third kappa shape index (κ3) is 3.00. The number of likely N-dealkylation sites (N-methyl/N-ethyl adjacent to an activating group) is 1. The van der Waals surface area contributed by atoms with Crippen LogP contribution in [0.5, 0.6) is 0 Å². The molecule has 0 saturated carbocycles. The van der Waals surface area contributed by atoms with Gasteiger partial charge in [-0.2, -0.15) is 0 Å². The number of nitrogens with zero attached hydrogens (tertiary/aromatic N) is 2.